The van der Waals surface area contributed by atoms with E-state index in [-0.39, 0.29) is 11.2 Å². The largest absolute Gasteiger partial charge is 0.353 e. The summed E-state index contributed by atoms with van der Waals surface area (Å²) in [5.41, 5.74) is 0. The van der Waals surface area contributed by atoms with Crippen molar-refractivity contribution < 1.29 is 13.2 Å². The third-order valence-electron chi connectivity index (χ3n) is 3.28. The van der Waals surface area contributed by atoms with E-state index in [1.807, 2.05) is 0 Å². The Bertz CT molecular complexity index is 386. The zero-order valence-corrected chi connectivity index (χ0v) is 11.3. The van der Waals surface area contributed by atoms with Gasteiger partial charge in [-0.1, -0.05) is 0 Å². The first kappa shape index (κ1) is 13.8. The summed E-state index contributed by atoms with van der Waals surface area (Å²) in [5.74, 6) is 0.0271. The SMILES string of the molecule is O=C(CCCNS(=O)(=O)C1CCNC1)NC1CC1. The maximum absolute atomic E-state index is 11.8. The third-order valence-corrected chi connectivity index (χ3v) is 5.17. The summed E-state index contributed by atoms with van der Waals surface area (Å²) in [6, 6.07) is 0.374. The molecule has 1 unspecified atom stereocenters. The Hall–Kier alpha value is -0.660. The second-order valence-electron chi connectivity index (χ2n) is 5.00. The lowest BCUT2D eigenvalue weighted by Crippen LogP contribution is -2.36. The van der Waals surface area contributed by atoms with E-state index in [0.29, 0.717) is 38.4 Å². The fraction of sp³-hybridized carbons (Fsp3) is 0.909. The van der Waals surface area contributed by atoms with Gasteiger partial charge in [0.1, 0.15) is 0 Å². The van der Waals surface area contributed by atoms with E-state index in [0.717, 1.165) is 19.4 Å². The van der Waals surface area contributed by atoms with Crippen molar-refractivity contribution in [1.29, 1.82) is 0 Å². The van der Waals surface area contributed by atoms with Gasteiger partial charge in [-0.15, -0.1) is 0 Å². The molecule has 1 aliphatic carbocycles. The van der Waals surface area contributed by atoms with Crippen molar-refractivity contribution >= 4 is 15.9 Å². The predicted molar refractivity (Wildman–Crippen MR) is 68.6 cm³/mol. The second kappa shape index (κ2) is 5.99. The molecule has 2 rings (SSSR count). The number of sulfonamides is 1. The lowest BCUT2D eigenvalue weighted by Gasteiger charge is -2.11. The molecule has 1 saturated carbocycles. The maximum atomic E-state index is 11.8. The number of carbonyl (C=O) groups is 1. The topological polar surface area (TPSA) is 87.3 Å². The Morgan fingerprint density at radius 1 is 1.28 bits per heavy atom. The molecule has 1 amide bonds. The quantitative estimate of drug-likeness (QED) is 0.538. The van der Waals surface area contributed by atoms with Gasteiger partial charge in [-0.3, -0.25) is 4.79 Å². The molecule has 0 radical (unpaired) electrons. The molecule has 3 N–H and O–H groups in total. The molecule has 1 aliphatic heterocycles. The van der Waals surface area contributed by atoms with E-state index >= 15 is 0 Å². The van der Waals surface area contributed by atoms with Crippen LogP contribution in [0.4, 0.5) is 0 Å². The minimum atomic E-state index is -3.21. The molecule has 6 nitrogen and oxygen atoms in total. The molecule has 0 aromatic rings. The Balaban J connectivity index is 1.60. The van der Waals surface area contributed by atoms with E-state index in [1.165, 1.54) is 0 Å². The van der Waals surface area contributed by atoms with Crippen molar-refractivity contribution in [3.8, 4) is 0 Å². The van der Waals surface area contributed by atoms with E-state index in [2.05, 4.69) is 15.4 Å². The highest BCUT2D eigenvalue weighted by Crippen LogP contribution is 2.18. The van der Waals surface area contributed by atoms with E-state index in [4.69, 9.17) is 0 Å². The highest BCUT2D eigenvalue weighted by atomic mass is 32.2. The van der Waals surface area contributed by atoms with Crippen LogP contribution < -0.4 is 15.4 Å². The summed E-state index contributed by atoms with van der Waals surface area (Å²) in [5, 5.41) is 5.59. The summed E-state index contributed by atoms with van der Waals surface area (Å²) in [6.45, 7) is 1.63. The summed E-state index contributed by atoms with van der Waals surface area (Å²) < 4.78 is 26.2. The van der Waals surface area contributed by atoms with Crippen molar-refractivity contribution in [2.24, 2.45) is 0 Å². The number of nitrogens with one attached hydrogen (secondary N) is 3. The second-order valence-corrected chi connectivity index (χ2v) is 7.04. The van der Waals surface area contributed by atoms with Crippen LogP contribution in [-0.4, -0.2) is 45.3 Å². The zero-order chi connectivity index (χ0) is 13.0. The van der Waals surface area contributed by atoms with Gasteiger partial charge in [0.25, 0.3) is 0 Å². The van der Waals surface area contributed by atoms with E-state index < -0.39 is 10.0 Å². The molecule has 7 heteroatoms. The highest BCUT2D eigenvalue weighted by Gasteiger charge is 2.28. The average Bonchev–Trinajstić information content (AvgIpc) is 2.96. The monoisotopic (exact) mass is 275 g/mol. The fourth-order valence-corrected chi connectivity index (χ4v) is 3.43. The van der Waals surface area contributed by atoms with Gasteiger partial charge in [-0.25, -0.2) is 13.1 Å². The lowest BCUT2D eigenvalue weighted by molar-refractivity contribution is -0.121. The molecule has 1 heterocycles. The summed E-state index contributed by atoms with van der Waals surface area (Å²) in [7, 11) is -3.21. The van der Waals surface area contributed by atoms with Gasteiger partial charge in [-0.05, 0) is 32.2 Å². The Labute approximate surface area is 108 Å². The van der Waals surface area contributed by atoms with E-state index in [9.17, 15) is 13.2 Å². The highest BCUT2D eigenvalue weighted by molar-refractivity contribution is 7.90. The number of hydrogen-bond donors (Lipinski definition) is 3. The molecule has 1 atom stereocenters. The van der Waals surface area contributed by atoms with Crippen molar-refractivity contribution in [2.75, 3.05) is 19.6 Å². The molecule has 18 heavy (non-hydrogen) atoms. The summed E-state index contributed by atoms with van der Waals surface area (Å²) in [4.78, 5) is 11.4. The van der Waals surface area contributed by atoms with Gasteiger partial charge in [0, 0.05) is 25.6 Å². The van der Waals surface area contributed by atoms with Gasteiger partial charge >= 0.3 is 0 Å². The first-order valence-electron chi connectivity index (χ1n) is 6.56. The van der Waals surface area contributed by atoms with Crippen LogP contribution in [0.5, 0.6) is 0 Å². The van der Waals surface area contributed by atoms with Gasteiger partial charge in [0.15, 0.2) is 0 Å². The average molecular weight is 275 g/mol. The van der Waals surface area contributed by atoms with Crippen LogP contribution in [0.1, 0.15) is 32.1 Å². The number of carbonyl (C=O) groups excluding carboxylic acids is 1. The van der Waals surface area contributed by atoms with Crippen molar-refractivity contribution in [3.05, 3.63) is 0 Å². The molecule has 0 spiro atoms. The molecule has 0 aromatic heterocycles. The molecule has 1 saturated heterocycles. The summed E-state index contributed by atoms with van der Waals surface area (Å²) >= 11 is 0. The summed E-state index contributed by atoms with van der Waals surface area (Å²) in [6.07, 6.45) is 3.76. The van der Waals surface area contributed by atoms with Crippen LogP contribution in [0.2, 0.25) is 0 Å². The molecule has 0 aromatic carbocycles. The van der Waals surface area contributed by atoms with Crippen molar-refractivity contribution in [1.82, 2.24) is 15.4 Å². The standard InChI is InChI=1S/C11H21N3O3S/c15-11(14-9-3-4-9)2-1-6-13-18(16,17)10-5-7-12-8-10/h9-10,12-13H,1-8H2,(H,14,15). The Morgan fingerprint density at radius 2 is 2.06 bits per heavy atom. The lowest BCUT2D eigenvalue weighted by atomic mass is 10.3. The van der Waals surface area contributed by atoms with Crippen LogP contribution in [-0.2, 0) is 14.8 Å². The minimum Gasteiger partial charge on any atom is -0.353 e. The Morgan fingerprint density at radius 3 is 2.67 bits per heavy atom. The van der Waals surface area contributed by atoms with Crippen LogP contribution >= 0.6 is 0 Å². The molecule has 2 aliphatic rings. The first-order chi connectivity index (χ1) is 8.58. The molecule has 0 bridgehead atoms. The van der Waals surface area contributed by atoms with Gasteiger partial charge < -0.3 is 10.6 Å². The number of hydrogen-bond acceptors (Lipinski definition) is 4. The molecular weight excluding hydrogens is 254 g/mol. The smallest absolute Gasteiger partial charge is 0.220 e. The van der Waals surface area contributed by atoms with Crippen LogP contribution in [0.25, 0.3) is 0 Å². The van der Waals surface area contributed by atoms with Crippen LogP contribution in [0, 0.1) is 0 Å². The van der Waals surface area contributed by atoms with Crippen LogP contribution in [0.3, 0.4) is 0 Å². The van der Waals surface area contributed by atoms with E-state index in [1.54, 1.807) is 0 Å². The van der Waals surface area contributed by atoms with Crippen molar-refractivity contribution in [2.45, 2.75) is 43.4 Å². The van der Waals surface area contributed by atoms with Gasteiger partial charge in [0.05, 0.1) is 5.25 Å². The normalized spacial score (nSPS) is 24.1. The fourth-order valence-electron chi connectivity index (χ4n) is 2.00. The predicted octanol–water partition coefficient (Wildman–Crippen LogP) is -0.673. The van der Waals surface area contributed by atoms with Crippen molar-refractivity contribution in [3.63, 3.8) is 0 Å². The Kier molecular flexibility index (Phi) is 4.58. The van der Waals surface area contributed by atoms with Gasteiger partial charge in [-0.2, -0.15) is 0 Å². The minimum absolute atomic E-state index is 0.0271. The zero-order valence-electron chi connectivity index (χ0n) is 10.4. The number of amides is 1. The third kappa shape index (κ3) is 4.22. The molecular formula is C11H21N3O3S. The molecule has 2 fully saturated rings. The number of rotatable bonds is 7. The first-order valence-corrected chi connectivity index (χ1v) is 8.11. The maximum Gasteiger partial charge on any atom is 0.220 e. The van der Waals surface area contributed by atoms with Gasteiger partial charge in [0.2, 0.25) is 15.9 Å². The van der Waals surface area contributed by atoms with Crippen LogP contribution in [0.15, 0.2) is 0 Å². The molecule has 104 valence electrons.